The second kappa shape index (κ2) is 4.50. The molecule has 0 aliphatic rings. The number of nitrogens with zero attached hydrogens (tertiary/aromatic N) is 1. The molecule has 0 saturated heterocycles. The highest BCUT2D eigenvalue weighted by Crippen LogP contribution is 2.28. The number of rotatable bonds is 3. The van der Waals surface area contributed by atoms with Crippen molar-refractivity contribution in [2.75, 3.05) is 0 Å². The average molecular weight is 239 g/mol. The lowest BCUT2D eigenvalue weighted by atomic mass is 9.85. The van der Waals surface area contributed by atoms with Gasteiger partial charge in [0.1, 0.15) is 5.76 Å². The first-order valence-corrected chi connectivity index (χ1v) is 5.64. The molecule has 1 aromatic heterocycles. The topological polar surface area (TPSA) is 54.0 Å². The van der Waals surface area contributed by atoms with Crippen LogP contribution in [-0.4, -0.2) is 6.29 Å². The van der Waals surface area contributed by atoms with Crippen molar-refractivity contribution in [2.24, 2.45) is 0 Å². The minimum Gasteiger partial charge on any atom is -0.453 e. The van der Waals surface area contributed by atoms with E-state index in [1.807, 2.05) is 38.1 Å². The fourth-order valence-electron chi connectivity index (χ4n) is 1.70. The van der Waals surface area contributed by atoms with Crippen molar-refractivity contribution in [1.29, 1.82) is 5.26 Å². The van der Waals surface area contributed by atoms with Gasteiger partial charge in [0.25, 0.3) is 0 Å². The molecule has 2 aromatic rings. The van der Waals surface area contributed by atoms with Crippen LogP contribution in [0, 0.1) is 11.3 Å². The molecule has 0 aliphatic carbocycles. The van der Waals surface area contributed by atoms with Gasteiger partial charge in [-0.1, -0.05) is 18.2 Å². The molecule has 0 aliphatic heterocycles. The molecule has 0 spiro atoms. The molecule has 0 fully saturated rings. The normalized spacial score (nSPS) is 10.9. The van der Waals surface area contributed by atoms with E-state index in [1.54, 1.807) is 12.1 Å². The first-order valence-electron chi connectivity index (χ1n) is 5.64. The smallest absolute Gasteiger partial charge is 0.185 e. The molecule has 0 saturated carbocycles. The summed E-state index contributed by atoms with van der Waals surface area (Å²) in [5, 5.41) is 9.13. The zero-order valence-electron chi connectivity index (χ0n) is 10.3. The first-order chi connectivity index (χ1) is 8.56. The summed E-state index contributed by atoms with van der Waals surface area (Å²) in [6.45, 7) is 3.73. The Morgan fingerprint density at radius 1 is 1.28 bits per heavy atom. The summed E-state index contributed by atoms with van der Waals surface area (Å²) in [4.78, 5) is 10.6. The van der Waals surface area contributed by atoms with Gasteiger partial charge in [-0.25, -0.2) is 0 Å². The maximum absolute atomic E-state index is 10.6. The molecular formula is C15H13NO2. The summed E-state index contributed by atoms with van der Waals surface area (Å²) >= 11 is 0. The lowest BCUT2D eigenvalue weighted by Gasteiger charge is -2.16. The maximum Gasteiger partial charge on any atom is 0.185 e. The average Bonchev–Trinajstić information content (AvgIpc) is 2.88. The van der Waals surface area contributed by atoms with Gasteiger partial charge in [-0.3, -0.25) is 4.79 Å². The number of aldehydes is 1. The molecule has 0 atom stereocenters. The van der Waals surface area contributed by atoms with Gasteiger partial charge in [-0.15, -0.1) is 0 Å². The standard InChI is InChI=1S/C15H13NO2/c1-15(2,10-16)12-5-3-4-11(8-12)14-7-6-13(9-17)18-14/h3-9H,1-2H3. The molecule has 0 amide bonds. The highest BCUT2D eigenvalue weighted by atomic mass is 16.3. The minimum absolute atomic E-state index is 0.301. The van der Waals surface area contributed by atoms with Crippen LogP contribution < -0.4 is 0 Å². The summed E-state index contributed by atoms with van der Waals surface area (Å²) in [5.41, 5.74) is 1.24. The summed E-state index contributed by atoms with van der Waals surface area (Å²) in [5.74, 6) is 0.933. The first kappa shape index (κ1) is 12.1. The van der Waals surface area contributed by atoms with E-state index < -0.39 is 5.41 Å². The molecule has 3 heteroatoms. The van der Waals surface area contributed by atoms with Crippen LogP contribution in [0.5, 0.6) is 0 Å². The number of carbonyl (C=O) groups is 1. The van der Waals surface area contributed by atoms with E-state index in [9.17, 15) is 4.79 Å². The van der Waals surface area contributed by atoms with Gasteiger partial charge in [-0.2, -0.15) is 5.26 Å². The zero-order valence-corrected chi connectivity index (χ0v) is 10.3. The zero-order chi connectivity index (χ0) is 13.2. The highest BCUT2D eigenvalue weighted by molar-refractivity contribution is 5.73. The largest absolute Gasteiger partial charge is 0.453 e. The van der Waals surface area contributed by atoms with Crippen LogP contribution in [0.3, 0.4) is 0 Å². The lowest BCUT2D eigenvalue weighted by molar-refractivity contribution is 0.110. The van der Waals surface area contributed by atoms with E-state index in [2.05, 4.69) is 6.07 Å². The van der Waals surface area contributed by atoms with Gasteiger partial charge in [0.15, 0.2) is 12.0 Å². The third-order valence-corrected chi connectivity index (χ3v) is 2.89. The van der Waals surface area contributed by atoms with E-state index in [4.69, 9.17) is 9.68 Å². The van der Waals surface area contributed by atoms with E-state index in [-0.39, 0.29) is 0 Å². The quantitative estimate of drug-likeness (QED) is 0.769. The predicted molar refractivity (Wildman–Crippen MR) is 68.2 cm³/mol. The maximum atomic E-state index is 10.6. The van der Waals surface area contributed by atoms with E-state index >= 15 is 0 Å². The van der Waals surface area contributed by atoms with Crippen LogP contribution in [0.1, 0.15) is 30.0 Å². The van der Waals surface area contributed by atoms with Crippen molar-refractivity contribution in [3.05, 3.63) is 47.7 Å². The molecule has 18 heavy (non-hydrogen) atoms. The fraction of sp³-hybridized carbons (Fsp3) is 0.200. The van der Waals surface area contributed by atoms with E-state index in [0.717, 1.165) is 11.1 Å². The lowest BCUT2D eigenvalue weighted by Crippen LogP contribution is -2.13. The van der Waals surface area contributed by atoms with Crippen molar-refractivity contribution in [3.8, 4) is 17.4 Å². The highest BCUT2D eigenvalue weighted by Gasteiger charge is 2.20. The number of nitriles is 1. The number of carbonyl (C=O) groups excluding carboxylic acids is 1. The number of furan rings is 1. The van der Waals surface area contributed by atoms with Gasteiger partial charge in [0.2, 0.25) is 0 Å². The van der Waals surface area contributed by atoms with Crippen LogP contribution >= 0.6 is 0 Å². The van der Waals surface area contributed by atoms with Crippen molar-refractivity contribution in [1.82, 2.24) is 0 Å². The van der Waals surface area contributed by atoms with Crippen LogP contribution in [-0.2, 0) is 5.41 Å². The van der Waals surface area contributed by atoms with Gasteiger partial charge in [0, 0.05) is 5.56 Å². The Bertz CT molecular complexity index is 617. The summed E-state index contributed by atoms with van der Waals surface area (Å²) in [7, 11) is 0. The van der Waals surface area contributed by atoms with Crippen LogP contribution in [0.25, 0.3) is 11.3 Å². The second-order valence-electron chi connectivity index (χ2n) is 4.64. The van der Waals surface area contributed by atoms with Gasteiger partial charge in [-0.05, 0) is 37.6 Å². The fourth-order valence-corrected chi connectivity index (χ4v) is 1.70. The Morgan fingerprint density at radius 2 is 2.06 bits per heavy atom. The molecule has 0 radical (unpaired) electrons. The predicted octanol–water partition coefficient (Wildman–Crippen LogP) is 3.56. The number of hydrogen-bond donors (Lipinski definition) is 0. The van der Waals surface area contributed by atoms with Crippen molar-refractivity contribution in [3.63, 3.8) is 0 Å². The summed E-state index contributed by atoms with van der Waals surface area (Å²) in [6, 6.07) is 13.2. The molecule has 0 N–H and O–H groups in total. The van der Waals surface area contributed by atoms with E-state index in [1.165, 1.54) is 0 Å². The molecule has 3 nitrogen and oxygen atoms in total. The molecular weight excluding hydrogens is 226 g/mol. The van der Waals surface area contributed by atoms with Gasteiger partial charge < -0.3 is 4.42 Å². The van der Waals surface area contributed by atoms with Crippen molar-refractivity contribution < 1.29 is 9.21 Å². The van der Waals surface area contributed by atoms with Crippen LogP contribution in [0.4, 0.5) is 0 Å². The molecule has 2 rings (SSSR count). The third-order valence-electron chi connectivity index (χ3n) is 2.89. The van der Waals surface area contributed by atoms with Crippen molar-refractivity contribution in [2.45, 2.75) is 19.3 Å². The van der Waals surface area contributed by atoms with E-state index in [0.29, 0.717) is 17.8 Å². The van der Waals surface area contributed by atoms with Crippen LogP contribution in [0.2, 0.25) is 0 Å². The Kier molecular flexibility index (Phi) is 3.03. The Balaban J connectivity index is 2.45. The van der Waals surface area contributed by atoms with Gasteiger partial charge in [0.05, 0.1) is 11.5 Å². The Labute approximate surface area is 106 Å². The number of benzene rings is 1. The molecule has 1 aromatic carbocycles. The molecule has 0 unspecified atom stereocenters. The number of hydrogen-bond acceptors (Lipinski definition) is 3. The Morgan fingerprint density at radius 3 is 2.67 bits per heavy atom. The summed E-state index contributed by atoms with van der Waals surface area (Å²) < 4.78 is 5.37. The third kappa shape index (κ3) is 2.18. The minimum atomic E-state index is -0.546. The molecule has 1 heterocycles. The molecule has 90 valence electrons. The summed E-state index contributed by atoms with van der Waals surface area (Å²) in [6.07, 6.45) is 0.673. The SMILES string of the molecule is CC(C)(C#N)c1cccc(-c2ccc(C=O)o2)c1. The van der Waals surface area contributed by atoms with Crippen molar-refractivity contribution >= 4 is 6.29 Å². The second-order valence-corrected chi connectivity index (χ2v) is 4.64. The van der Waals surface area contributed by atoms with Crippen LogP contribution in [0.15, 0.2) is 40.8 Å². The van der Waals surface area contributed by atoms with Gasteiger partial charge >= 0.3 is 0 Å². The monoisotopic (exact) mass is 239 g/mol. The Hall–Kier alpha value is -2.34. The molecule has 0 bridgehead atoms.